The van der Waals surface area contributed by atoms with E-state index < -0.39 is 97.0 Å². The lowest BCUT2D eigenvalue weighted by Gasteiger charge is -2.47. The highest BCUT2D eigenvalue weighted by atomic mass is 32.2. The lowest BCUT2D eigenvalue weighted by Crippen LogP contribution is -2.64. The van der Waals surface area contributed by atoms with E-state index in [0.29, 0.717) is 5.75 Å². The van der Waals surface area contributed by atoms with E-state index in [0.717, 1.165) is 11.1 Å². The van der Waals surface area contributed by atoms with Crippen molar-refractivity contribution in [3.8, 4) is 0 Å². The number of hydrogen-bond acceptors (Lipinski definition) is 16. The van der Waals surface area contributed by atoms with Crippen LogP contribution < -0.4 is 0 Å². The highest BCUT2D eigenvalue weighted by Crippen LogP contribution is 2.36. The molecule has 10 atom stereocenters. The van der Waals surface area contributed by atoms with Gasteiger partial charge in [-0.05, 0) is 16.9 Å². The van der Waals surface area contributed by atoms with E-state index >= 15 is 0 Å². The summed E-state index contributed by atoms with van der Waals surface area (Å²) in [7, 11) is 0. The molecule has 0 bridgehead atoms. The van der Waals surface area contributed by atoms with Crippen LogP contribution in [0.5, 0.6) is 0 Å². The van der Waals surface area contributed by atoms with Gasteiger partial charge < -0.3 is 47.4 Å². The standard InChI is InChI=1S/C38H48O15S/c1-7-54-38-36(46-19-28-16-12-9-13-17-28)34(51-26(6)43)32(49-24(4)41)30(53-38)21-47-37-35(45-18-27-14-10-8-11-15-27)33(50-25(5)42)31(48-23(3)40)29(52-37)20-44-22(2)39/h8-17,29-38H,7,18-21H2,1-6H3/t29-,30-,31-,32-,33+,34+,35-,36-,37+,38+/m1/s1. The van der Waals surface area contributed by atoms with E-state index in [9.17, 15) is 24.0 Å². The van der Waals surface area contributed by atoms with Crippen molar-refractivity contribution in [1.82, 2.24) is 0 Å². The van der Waals surface area contributed by atoms with E-state index in [1.165, 1.54) is 46.4 Å². The van der Waals surface area contributed by atoms with Gasteiger partial charge in [-0.3, -0.25) is 24.0 Å². The Hall–Kier alpha value is -4.06. The molecule has 16 heteroatoms. The Morgan fingerprint density at radius 1 is 0.537 bits per heavy atom. The van der Waals surface area contributed by atoms with Crippen molar-refractivity contribution < 1.29 is 71.3 Å². The molecule has 2 aromatic carbocycles. The third-order valence-electron chi connectivity index (χ3n) is 8.17. The molecule has 0 aromatic heterocycles. The summed E-state index contributed by atoms with van der Waals surface area (Å²) in [4.78, 5) is 61.6. The average Bonchev–Trinajstić information content (AvgIpc) is 3.11. The molecule has 0 radical (unpaired) electrons. The van der Waals surface area contributed by atoms with Crippen LogP contribution in [0.15, 0.2) is 60.7 Å². The summed E-state index contributed by atoms with van der Waals surface area (Å²) in [6, 6.07) is 18.5. The van der Waals surface area contributed by atoms with Crippen LogP contribution in [0.25, 0.3) is 0 Å². The summed E-state index contributed by atoms with van der Waals surface area (Å²) in [6.45, 7) is 7.38. The van der Waals surface area contributed by atoms with Gasteiger partial charge in [0.2, 0.25) is 0 Å². The Morgan fingerprint density at radius 3 is 1.44 bits per heavy atom. The molecule has 0 saturated carbocycles. The van der Waals surface area contributed by atoms with Gasteiger partial charge in [0.15, 0.2) is 30.7 Å². The molecular weight excluding hydrogens is 728 g/mol. The van der Waals surface area contributed by atoms with Gasteiger partial charge in [-0.1, -0.05) is 67.6 Å². The van der Waals surface area contributed by atoms with Gasteiger partial charge >= 0.3 is 29.8 Å². The monoisotopic (exact) mass is 776 g/mol. The maximum absolute atomic E-state index is 12.5. The van der Waals surface area contributed by atoms with Gasteiger partial charge in [-0.2, -0.15) is 0 Å². The first-order valence-electron chi connectivity index (χ1n) is 17.5. The van der Waals surface area contributed by atoms with Gasteiger partial charge in [0.25, 0.3) is 0 Å². The Kier molecular flexibility index (Phi) is 16.7. The van der Waals surface area contributed by atoms with Gasteiger partial charge in [0, 0.05) is 34.6 Å². The highest BCUT2D eigenvalue weighted by molar-refractivity contribution is 7.99. The smallest absolute Gasteiger partial charge is 0.303 e. The molecule has 0 amide bonds. The predicted octanol–water partition coefficient (Wildman–Crippen LogP) is 3.67. The number of hydrogen-bond donors (Lipinski definition) is 0. The van der Waals surface area contributed by atoms with Gasteiger partial charge in [0.05, 0.1) is 19.8 Å². The summed E-state index contributed by atoms with van der Waals surface area (Å²) in [6.07, 6.45) is -10.5. The molecule has 0 spiro atoms. The van der Waals surface area contributed by atoms with Crippen molar-refractivity contribution in [1.29, 1.82) is 0 Å². The fourth-order valence-electron chi connectivity index (χ4n) is 6.05. The Balaban J connectivity index is 1.68. The predicted molar refractivity (Wildman–Crippen MR) is 190 cm³/mol. The normalized spacial score (nSPS) is 28.0. The van der Waals surface area contributed by atoms with Crippen LogP contribution in [0.2, 0.25) is 0 Å². The maximum Gasteiger partial charge on any atom is 0.303 e. The van der Waals surface area contributed by atoms with Crippen LogP contribution in [0.1, 0.15) is 52.7 Å². The van der Waals surface area contributed by atoms with Crippen LogP contribution in [0, 0.1) is 0 Å². The summed E-state index contributed by atoms with van der Waals surface area (Å²) in [5.41, 5.74) is 0.918. The first-order valence-corrected chi connectivity index (χ1v) is 18.6. The molecular formula is C38H48O15S. The maximum atomic E-state index is 12.5. The molecule has 2 aliphatic heterocycles. The Labute approximate surface area is 318 Å². The van der Waals surface area contributed by atoms with Crippen LogP contribution >= 0.6 is 11.8 Å². The second-order valence-corrected chi connectivity index (χ2v) is 13.9. The zero-order valence-electron chi connectivity index (χ0n) is 31.1. The lowest BCUT2D eigenvalue weighted by molar-refractivity contribution is -0.324. The van der Waals surface area contributed by atoms with E-state index in [2.05, 4.69) is 0 Å². The van der Waals surface area contributed by atoms with E-state index in [1.807, 2.05) is 67.6 Å². The number of ether oxygens (including phenoxy) is 10. The first kappa shape index (κ1) is 42.7. The van der Waals surface area contributed by atoms with Crippen LogP contribution in [-0.4, -0.2) is 109 Å². The number of thioether (sulfide) groups is 1. The molecule has 0 aliphatic carbocycles. The quantitative estimate of drug-likeness (QED) is 0.168. The molecule has 0 N–H and O–H groups in total. The molecule has 15 nitrogen and oxygen atoms in total. The Morgan fingerprint density at radius 2 is 0.981 bits per heavy atom. The molecule has 2 fully saturated rings. The van der Waals surface area contributed by atoms with E-state index in [1.54, 1.807) is 0 Å². The molecule has 2 aliphatic rings. The van der Waals surface area contributed by atoms with Crippen molar-refractivity contribution >= 4 is 41.6 Å². The molecule has 54 heavy (non-hydrogen) atoms. The molecule has 296 valence electrons. The fourth-order valence-corrected chi connectivity index (χ4v) is 7.02. The van der Waals surface area contributed by atoms with E-state index in [4.69, 9.17) is 47.4 Å². The zero-order valence-corrected chi connectivity index (χ0v) is 31.9. The zero-order chi connectivity index (χ0) is 39.2. The number of esters is 5. The van der Waals surface area contributed by atoms with Crippen molar-refractivity contribution in [3.63, 3.8) is 0 Å². The van der Waals surface area contributed by atoms with Crippen LogP contribution in [0.4, 0.5) is 0 Å². The van der Waals surface area contributed by atoms with Crippen molar-refractivity contribution in [2.75, 3.05) is 19.0 Å². The minimum Gasteiger partial charge on any atom is -0.463 e. The number of carbonyl (C=O) groups is 5. The minimum absolute atomic E-state index is 0.00801. The topological polar surface area (TPSA) is 178 Å². The van der Waals surface area contributed by atoms with Crippen molar-refractivity contribution in [3.05, 3.63) is 71.8 Å². The van der Waals surface area contributed by atoms with Crippen molar-refractivity contribution in [2.24, 2.45) is 0 Å². The number of carbonyl (C=O) groups excluding carboxylic acids is 5. The number of benzene rings is 2. The largest absolute Gasteiger partial charge is 0.463 e. The Bertz CT molecular complexity index is 1530. The van der Waals surface area contributed by atoms with Gasteiger partial charge in [-0.15, -0.1) is 11.8 Å². The fraction of sp³-hybridized carbons (Fsp3) is 0.553. The average molecular weight is 777 g/mol. The number of rotatable bonds is 17. The van der Waals surface area contributed by atoms with E-state index in [-0.39, 0.29) is 19.8 Å². The molecule has 0 unspecified atom stereocenters. The second-order valence-electron chi connectivity index (χ2n) is 12.5. The molecule has 2 heterocycles. The third kappa shape index (κ3) is 12.8. The summed E-state index contributed by atoms with van der Waals surface area (Å²) < 4.78 is 59.8. The van der Waals surface area contributed by atoms with Crippen LogP contribution in [-0.2, 0) is 84.6 Å². The van der Waals surface area contributed by atoms with Crippen molar-refractivity contribution in [2.45, 2.75) is 115 Å². The molecule has 2 saturated heterocycles. The molecule has 4 rings (SSSR count). The van der Waals surface area contributed by atoms with Gasteiger partial charge in [0.1, 0.15) is 36.5 Å². The summed E-state index contributed by atoms with van der Waals surface area (Å²) in [5, 5.41) is 0. The highest BCUT2D eigenvalue weighted by Gasteiger charge is 2.54. The summed E-state index contributed by atoms with van der Waals surface area (Å²) in [5.74, 6) is -2.78. The lowest BCUT2D eigenvalue weighted by atomic mass is 9.97. The summed E-state index contributed by atoms with van der Waals surface area (Å²) >= 11 is 1.40. The third-order valence-corrected chi connectivity index (χ3v) is 9.21. The van der Waals surface area contributed by atoms with Crippen LogP contribution in [0.3, 0.4) is 0 Å². The molecule has 2 aromatic rings. The minimum atomic E-state index is -1.36. The van der Waals surface area contributed by atoms with Gasteiger partial charge in [-0.25, -0.2) is 0 Å². The SMILES string of the molecule is CCS[C@@H]1O[C@H](CO[C@H]2O[C@H](COC(C)=O)[C@@H](OC(C)=O)[C@H](OC(C)=O)[C@H]2OCc2ccccc2)[C@@H](OC(C)=O)[C@H](OC(C)=O)[C@H]1OCc1ccccc1. The first-order chi connectivity index (χ1) is 25.9. The second kappa shape index (κ2) is 21.1.